The van der Waals surface area contributed by atoms with E-state index in [4.69, 9.17) is 4.42 Å². The molecular weight excluding hydrogens is 236 g/mol. The fourth-order valence-electron chi connectivity index (χ4n) is 1.56. The molecule has 0 unspecified atom stereocenters. The quantitative estimate of drug-likeness (QED) is 0.818. The average Bonchev–Trinajstić information content (AvgIpc) is 2.97. The number of carbonyl (C=O) groups is 1. The number of amides is 1. The standard InChI is InChI=1S/C12H14N2O2S/c1-10(15)14(6-11-3-5-16-7-11)4-2-12-8-17-9-13-12/h3,5,7-9H,2,4,6H2,1H3. The van der Waals surface area contributed by atoms with Gasteiger partial charge in [-0.2, -0.15) is 0 Å². The van der Waals surface area contributed by atoms with Crippen LogP contribution in [0.2, 0.25) is 0 Å². The summed E-state index contributed by atoms with van der Waals surface area (Å²) in [5.41, 5.74) is 3.86. The number of rotatable bonds is 5. The van der Waals surface area contributed by atoms with Crippen LogP contribution >= 0.6 is 11.3 Å². The second kappa shape index (κ2) is 5.63. The molecule has 0 aliphatic heterocycles. The van der Waals surface area contributed by atoms with E-state index in [-0.39, 0.29) is 5.91 Å². The number of hydrogen-bond donors (Lipinski definition) is 0. The summed E-state index contributed by atoms with van der Waals surface area (Å²) in [7, 11) is 0. The predicted octanol–water partition coefficient (Wildman–Crippen LogP) is 2.33. The molecule has 0 aliphatic carbocycles. The van der Waals surface area contributed by atoms with Gasteiger partial charge in [-0.15, -0.1) is 11.3 Å². The van der Waals surface area contributed by atoms with E-state index in [1.54, 1.807) is 35.7 Å². The van der Waals surface area contributed by atoms with Gasteiger partial charge < -0.3 is 9.32 Å². The maximum absolute atomic E-state index is 11.5. The van der Waals surface area contributed by atoms with Crippen LogP contribution in [0.15, 0.2) is 33.9 Å². The van der Waals surface area contributed by atoms with Crippen molar-refractivity contribution in [1.29, 1.82) is 0 Å². The summed E-state index contributed by atoms with van der Waals surface area (Å²) < 4.78 is 5.00. The molecule has 0 fully saturated rings. The third-order valence-electron chi connectivity index (χ3n) is 2.52. The van der Waals surface area contributed by atoms with Crippen LogP contribution in [0.25, 0.3) is 0 Å². The van der Waals surface area contributed by atoms with E-state index in [9.17, 15) is 4.79 Å². The highest BCUT2D eigenvalue weighted by Crippen LogP contribution is 2.08. The van der Waals surface area contributed by atoms with Crippen LogP contribution in [0.5, 0.6) is 0 Å². The number of aromatic nitrogens is 1. The minimum Gasteiger partial charge on any atom is -0.472 e. The van der Waals surface area contributed by atoms with Crippen LogP contribution in [-0.2, 0) is 17.8 Å². The monoisotopic (exact) mass is 250 g/mol. The van der Waals surface area contributed by atoms with E-state index in [0.717, 1.165) is 17.7 Å². The molecule has 0 N–H and O–H groups in total. The van der Waals surface area contributed by atoms with Crippen molar-refractivity contribution >= 4 is 17.2 Å². The zero-order valence-electron chi connectivity index (χ0n) is 9.63. The molecule has 5 heteroatoms. The Morgan fingerprint density at radius 3 is 3.06 bits per heavy atom. The summed E-state index contributed by atoms with van der Waals surface area (Å²) >= 11 is 1.58. The van der Waals surface area contributed by atoms with Crippen molar-refractivity contribution < 1.29 is 9.21 Å². The minimum atomic E-state index is 0.0708. The summed E-state index contributed by atoms with van der Waals surface area (Å²) in [4.78, 5) is 17.5. The first-order valence-electron chi connectivity index (χ1n) is 5.39. The molecule has 4 nitrogen and oxygen atoms in total. The van der Waals surface area contributed by atoms with E-state index in [2.05, 4.69) is 4.98 Å². The molecule has 0 bridgehead atoms. The molecule has 2 rings (SSSR count). The van der Waals surface area contributed by atoms with Crippen LogP contribution in [0.4, 0.5) is 0 Å². The Bertz CT molecular complexity index is 451. The van der Waals surface area contributed by atoms with Crippen molar-refractivity contribution in [2.24, 2.45) is 0 Å². The van der Waals surface area contributed by atoms with Crippen LogP contribution in [0.1, 0.15) is 18.2 Å². The lowest BCUT2D eigenvalue weighted by atomic mass is 10.2. The summed E-state index contributed by atoms with van der Waals surface area (Å²) in [6.07, 6.45) is 4.08. The zero-order chi connectivity index (χ0) is 12.1. The Morgan fingerprint density at radius 2 is 2.47 bits per heavy atom. The molecule has 1 amide bonds. The summed E-state index contributed by atoms with van der Waals surface area (Å²) in [6, 6.07) is 1.87. The SMILES string of the molecule is CC(=O)N(CCc1cscn1)Cc1ccoc1. The second-order valence-corrected chi connectivity index (χ2v) is 4.52. The van der Waals surface area contributed by atoms with Gasteiger partial charge in [0.1, 0.15) is 0 Å². The number of carbonyl (C=O) groups excluding carboxylic acids is 1. The largest absolute Gasteiger partial charge is 0.472 e. The Kier molecular flexibility index (Phi) is 3.93. The van der Waals surface area contributed by atoms with Gasteiger partial charge in [-0.25, -0.2) is 4.98 Å². The number of furan rings is 1. The van der Waals surface area contributed by atoms with E-state index in [0.29, 0.717) is 13.1 Å². The van der Waals surface area contributed by atoms with Gasteiger partial charge in [0.2, 0.25) is 5.91 Å². The lowest BCUT2D eigenvalue weighted by Gasteiger charge is -2.19. The molecule has 2 aromatic heterocycles. The topological polar surface area (TPSA) is 46.3 Å². The van der Waals surface area contributed by atoms with E-state index in [1.807, 2.05) is 17.0 Å². The zero-order valence-corrected chi connectivity index (χ0v) is 10.4. The summed E-state index contributed by atoms with van der Waals surface area (Å²) in [5, 5.41) is 2.01. The molecular formula is C12H14N2O2S. The lowest BCUT2D eigenvalue weighted by molar-refractivity contribution is -0.129. The highest BCUT2D eigenvalue weighted by atomic mass is 32.1. The Hall–Kier alpha value is -1.62. The van der Waals surface area contributed by atoms with E-state index < -0.39 is 0 Å². The molecule has 0 radical (unpaired) electrons. The molecule has 0 atom stereocenters. The van der Waals surface area contributed by atoms with Gasteiger partial charge in [0.05, 0.1) is 23.7 Å². The van der Waals surface area contributed by atoms with E-state index >= 15 is 0 Å². The highest BCUT2D eigenvalue weighted by Gasteiger charge is 2.10. The van der Waals surface area contributed by atoms with Gasteiger partial charge >= 0.3 is 0 Å². The molecule has 0 aliphatic rings. The third kappa shape index (κ3) is 3.42. The summed E-state index contributed by atoms with van der Waals surface area (Å²) in [6.45, 7) is 2.86. The molecule has 0 aromatic carbocycles. The number of hydrogen-bond acceptors (Lipinski definition) is 4. The van der Waals surface area contributed by atoms with Gasteiger partial charge in [0.25, 0.3) is 0 Å². The first-order chi connectivity index (χ1) is 8.25. The fraction of sp³-hybridized carbons (Fsp3) is 0.333. The summed E-state index contributed by atoms with van der Waals surface area (Å²) in [5.74, 6) is 0.0708. The molecule has 2 aromatic rings. The van der Waals surface area contributed by atoms with Gasteiger partial charge in [-0.3, -0.25) is 4.79 Å². The van der Waals surface area contributed by atoms with Crippen LogP contribution < -0.4 is 0 Å². The van der Waals surface area contributed by atoms with Gasteiger partial charge in [-0.05, 0) is 6.07 Å². The molecule has 90 valence electrons. The Labute approximate surface area is 104 Å². The molecule has 0 saturated heterocycles. The first-order valence-corrected chi connectivity index (χ1v) is 6.33. The van der Waals surface area contributed by atoms with Gasteiger partial charge in [0, 0.05) is 37.4 Å². The Balaban J connectivity index is 1.91. The van der Waals surface area contributed by atoms with Crippen molar-refractivity contribution in [2.45, 2.75) is 19.9 Å². The van der Waals surface area contributed by atoms with Crippen LogP contribution in [0, 0.1) is 0 Å². The lowest BCUT2D eigenvalue weighted by Crippen LogP contribution is -2.30. The number of thiazole rings is 1. The third-order valence-corrected chi connectivity index (χ3v) is 3.16. The molecule has 0 saturated carbocycles. The van der Waals surface area contributed by atoms with E-state index in [1.165, 1.54) is 0 Å². The normalized spacial score (nSPS) is 10.4. The maximum Gasteiger partial charge on any atom is 0.219 e. The van der Waals surface area contributed by atoms with Gasteiger partial charge in [-0.1, -0.05) is 0 Å². The van der Waals surface area contributed by atoms with Crippen molar-refractivity contribution in [1.82, 2.24) is 9.88 Å². The smallest absolute Gasteiger partial charge is 0.219 e. The molecule has 0 spiro atoms. The fourth-order valence-corrected chi connectivity index (χ4v) is 2.15. The van der Waals surface area contributed by atoms with Crippen molar-refractivity contribution in [3.05, 3.63) is 40.7 Å². The van der Waals surface area contributed by atoms with Crippen molar-refractivity contribution in [3.63, 3.8) is 0 Å². The highest BCUT2D eigenvalue weighted by molar-refractivity contribution is 7.07. The molecule has 2 heterocycles. The predicted molar refractivity (Wildman–Crippen MR) is 65.6 cm³/mol. The van der Waals surface area contributed by atoms with Crippen molar-refractivity contribution in [3.8, 4) is 0 Å². The second-order valence-electron chi connectivity index (χ2n) is 3.80. The number of nitrogens with zero attached hydrogens (tertiary/aromatic N) is 2. The van der Waals surface area contributed by atoms with Gasteiger partial charge in [0.15, 0.2) is 0 Å². The van der Waals surface area contributed by atoms with Crippen molar-refractivity contribution in [2.75, 3.05) is 6.54 Å². The molecule has 17 heavy (non-hydrogen) atoms. The maximum atomic E-state index is 11.5. The average molecular weight is 250 g/mol. The van der Waals surface area contributed by atoms with Crippen LogP contribution in [-0.4, -0.2) is 22.3 Å². The Morgan fingerprint density at radius 1 is 1.59 bits per heavy atom. The minimum absolute atomic E-state index is 0.0708. The van der Waals surface area contributed by atoms with Crippen LogP contribution in [0.3, 0.4) is 0 Å². The first kappa shape index (κ1) is 11.9.